The van der Waals surface area contributed by atoms with Gasteiger partial charge in [0.05, 0.1) is 38.0 Å². The fourth-order valence-electron chi connectivity index (χ4n) is 8.00. The minimum Gasteiger partial charge on any atom is -0.445 e. The average Bonchev–Trinajstić information content (AvgIpc) is 4.18. The Bertz CT molecular complexity index is 3360. The van der Waals surface area contributed by atoms with E-state index < -0.39 is 116 Å². The van der Waals surface area contributed by atoms with Gasteiger partial charge in [-0.1, -0.05) is 56.4 Å². The maximum Gasteiger partial charge on any atom is 0.410 e. The molecule has 2 aromatic carbocycles. The molecule has 3 unspecified atom stereocenters. The number of alkyl halides is 1. The molecule has 1 aliphatic rings. The lowest BCUT2D eigenvalue weighted by Gasteiger charge is -2.31. The number of nitrogens with two attached hydrogens (primary N) is 1. The maximum atomic E-state index is 15.9. The minimum atomic E-state index is -4.67. The molecule has 27 nitrogen and oxygen atoms in total. The Morgan fingerprint density at radius 1 is 1.04 bits per heavy atom. The molecule has 0 aliphatic carbocycles. The number of ether oxygens (including phenoxy) is 3. The Labute approximate surface area is 465 Å². The molecule has 1 saturated heterocycles. The average molecular weight is 1200 g/mol. The third-order valence-electron chi connectivity index (χ3n) is 12.4. The van der Waals surface area contributed by atoms with Gasteiger partial charge in [-0.05, 0) is 54.0 Å². The zero-order valence-electron chi connectivity index (χ0n) is 43.6. The molecule has 0 saturated carbocycles. The fraction of sp³-hybridized carbons (Fsp3) is 0.426. The predicted octanol–water partition coefficient (Wildman–Crippen LogP) is 4.60. The summed E-state index contributed by atoms with van der Waals surface area (Å²) in [6.45, 7) is -4.73. The number of nitrogens with zero attached hydrogens (tertiary/aromatic N) is 7. The number of halogens is 2. The zero-order valence-corrected chi connectivity index (χ0v) is 47.1. The van der Waals surface area contributed by atoms with Gasteiger partial charge in [0, 0.05) is 51.7 Å². The molecule has 33 heteroatoms. The van der Waals surface area contributed by atoms with Crippen LogP contribution in [0.2, 0.25) is 0 Å². The van der Waals surface area contributed by atoms with Crippen molar-refractivity contribution in [2.75, 3.05) is 45.1 Å². The van der Waals surface area contributed by atoms with Crippen LogP contribution in [-0.2, 0) is 71.4 Å². The summed E-state index contributed by atoms with van der Waals surface area (Å²) in [7, 11) is 3.73. The number of aromatic nitrogens is 7. The molecule has 5 heterocycles. The summed E-state index contributed by atoms with van der Waals surface area (Å²) in [5, 5.41) is 19.0. The number of aliphatic hydroxyl groups excluding tert-OH is 1. The number of aromatic amines is 1. The number of H-pyrrole nitrogens is 1. The van der Waals surface area contributed by atoms with Gasteiger partial charge in [-0.15, -0.1) is 0 Å². The number of anilines is 2. The van der Waals surface area contributed by atoms with Crippen LogP contribution in [0.25, 0.3) is 22.2 Å². The van der Waals surface area contributed by atoms with Gasteiger partial charge in [0.1, 0.15) is 42.7 Å². The van der Waals surface area contributed by atoms with Crippen LogP contribution in [0, 0.1) is 11.7 Å². The normalized spacial score (nSPS) is 18.9. The van der Waals surface area contributed by atoms with Gasteiger partial charge in [0.2, 0.25) is 11.8 Å². The van der Waals surface area contributed by atoms with E-state index in [0.717, 1.165) is 37.6 Å². The molecule has 6 aromatic rings. The number of amides is 4. The number of aliphatic hydroxyl groups is 1. The lowest BCUT2D eigenvalue weighted by molar-refractivity contribution is -0.127. The van der Waals surface area contributed by atoms with Crippen LogP contribution in [-0.4, -0.2) is 144 Å². The van der Waals surface area contributed by atoms with E-state index in [4.69, 9.17) is 49.8 Å². The molecule has 432 valence electrons. The van der Waals surface area contributed by atoms with Gasteiger partial charge in [-0.3, -0.25) is 37.4 Å². The first-order valence-electron chi connectivity index (χ1n) is 24.2. The van der Waals surface area contributed by atoms with Crippen molar-refractivity contribution in [3.63, 3.8) is 0 Å². The molecule has 1 aliphatic heterocycles. The van der Waals surface area contributed by atoms with Crippen molar-refractivity contribution in [1.29, 1.82) is 0 Å². The van der Waals surface area contributed by atoms with E-state index >= 15 is 8.78 Å². The summed E-state index contributed by atoms with van der Waals surface area (Å²) in [4.78, 5) is 94.9. The van der Waals surface area contributed by atoms with E-state index in [1.165, 1.54) is 35.8 Å². The predicted molar refractivity (Wildman–Crippen MR) is 290 cm³/mol. The second-order valence-corrected chi connectivity index (χ2v) is 24.3. The number of benzene rings is 2. The summed E-state index contributed by atoms with van der Waals surface area (Å²) in [5.41, 5.74) is 6.41. The van der Waals surface area contributed by atoms with E-state index in [1.807, 2.05) is 0 Å². The molecule has 80 heavy (non-hydrogen) atoms. The first-order chi connectivity index (χ1) is 37.9. The van der Waals surface area contributed by atoms with Gasteiger partial charge in [0.25, 0.3) is 11.5 Å². The molecule has 0 spiro atoms. The molecule has 1 fully saturated rings. The van der Waals surface area contributed by atoms with Crippen LogP contribution in [0.3, 0.4) is 0 Å². The van der Waals surface area contributed by atoms with Crippen LogP contribution in [0.5, 0.6) is 0 Å². The second kappa shape index (κ2) is 26.6. The van der Waals surface area contributed by atoms with Crippen LogP contribution < -0.4 is 27.2 Å². The minimum absolute atomic E-state index is 0.0460. The Morgan fingerprint density at radius 3 is 2.46 bits per heavy atom. The number of hydrogen-bond acceptors (Lipinski definition) is 20. The number of thiol groups is 1. The van der Waals surface area contributed by atoms with Gasteiger partial charge in [0.15, 0.2) is 40.9 Å². The molecule has 8 N–H and O–H groups in total. The topological polar surface area (TPSA) is 350 Å². The maximum absolute atomic E-state index is 15.9. The highest BCUT2D eigenvalue weighted by molar-refractivity contribution is 8.44. The molecule has 0 radical (unpaired) electrons. The number of methoxy groups -OCH3 is 1. The lowest BCUT2D eigenvalue weighted by Crippen LogP contribution is -2.50. The Hall–Kier alpha value is -6.18. The summed E-state index contributed by atoms with van der Waals surface area (Å²) < 4.78 is 85.1. The first kappa shape index (κ1) is 61.4. The van der Waals surface area contributed by atoms with Crippen molar-refractivity contribution < 1.29 is 74.8 Å². The van der Waals surface area contributed by atoms with Crippen molar-refractivity contribution in [1.82, 2.24) is 44.3 Å². The highest BCUT2D eigenvalue weighted by Crippen LogP contribution is 2.57. The molecular weight excluding hydrogens is 1140 g/mol. The summed E-state index contributed by atoms with van der Waals surface area (Å²) in [6.07, 6.45) is -6.53. The molecule has 4 amide bonds. The van der Waals surface area contributed by atoms with Gasteiger partial charge in [-0.25, -0.2) is 38.1 Å². The summed E-state index contributed by atoms with van der Waals surface area (Å²) in [6, 6.07) is 11.4. The lowest BCUT2D eigenvalue weighted by atomic mass is 10.0. The molecule has 7 rings (SSSR count). The van der Waals surface area contributed by atoms with Crippen molar-refractivity contribution >= 4 is 95.1 Å². The number of rotatable bonds is 25. The Balaban J connectivity index is 0.955. The number of hydrogen-bond donors (Lipinski definition) is 8. The van der Waals surface area contributed by atoms with Crippen LogP contribution >= 0.6 is 25.8 Å². The standard InChI is InChI=1S/C47H58F2N12O15P2S2/c1-24(2)35(50)44(66)56-25(3)41(63)57-28-13-11-26(12-14-28)18-72-47(67)59(4)16-27-9-7-8-10-30(27)42(64)58-38-36-40(53-21-51-38)61(23-55-36)45-31(48)15-29(75-45)19-73-78(69,80)76-46(37(62)33(70-5)20-74-77(68,79)71-6)60-17-32(49)34-39(60)52-22-54-43(34)65/h7-14,17,21-25,29,31,33,35,37,45-46,62H,15-16,18-20,50H2,1-6H3,(H,56,66)(H,57,63)(H,68,79)(H,69,80)(H,52,54,65)(H,51,53,58,64)/t25-,29-,31+,33+,35?,37+,45+,46+,77?,78?/m0/s1. The number of carbonyl (C=O) groups excluding carboxylic acids is 4. The number of carbonyl (C=O) groups is 4. The summed E-state index contributed by atoms with van der Waals surface area (Å²) in [5.74, 6) is -2.77. The molecule has 10 atom stereocenters. The van der Waals surface area contributed by atoms with Crippen LogP contribution in [0.4, 0.5) is 25.1 Å². The van der Waals surface area contributed by atoms with Crippen molar-refractivity contribution in [2.24, 2.45) is 11.7 Å². The second-order valence-electron chi connectivity index (χ2n) is 18.4. The van der Waals surface area contributed by atoms with E-state index in [1.54, 1.807) is 56.3 Å². The van der Waals surface area contributed by atoms with E-state index in [2.05, 4.69) is 53.1 Å². The van der Waals surface area contributed by atoms with Gasteiger partial charge in [-0.2, -0.15) is 0 Å². The van der Waals surface area contributed by atoms with Crippen molar-refractivity contribution in [2.45, 2.75) is 89.4 Å². The quantitative estimate of drug-likeness (QED) is 0.0287. The highest BCUT2D eigenvalue weighted by Gasteiger charge is 2.42. The summed E-state index contributed by atoms with van der Waals surface area (Å²) >= 11 is 8.93. The Morgan fingerprint density at radius 2 is 1.76 bits per heavy atom. The SMILES string of the molecule is CO[C@H](COP(O)(=S)OC)[C@@H](O)[C@@H](OP(=O)(S)OC[C@@H]1C[C@@H](F)[C@H](n2cnc3c(NC(=O)c4ccccc4CN(C)C(=O)OCc4ccc(NC(=O)[C@H](C)NC(=O)C(N)C(C)C)cc4)ncnc32)O1)n1cc(F)c2c(=O)[nH]cnc21. The van der Waals surface area contributed by atoms with Crippen molar-refractivity contribution in [3.8, 4) is 0 Å². The Kier molecular flexibility index (Phi) is 20.4. The molecule has 4 aromatic heterocycles. The smallest absolute Gasteiger partial charge is 0.410 e. The van der Waals surface area contributed by atoms with Crippen LogP contribution in [0.15, 0.2) is 78.5 Å². The highest BCUT2D eigenvalue weighted by atomic mass is 32.7. The largest absolute Gasteiger partial charge is 0.445 e. The monoisotopic (exact) mass is 1190 g/mol. The van der Waals surface area contributed by atoms with E-state index in [9.17, 15) is 38.5 Å². The first-order valence-corrected chi connectivity index (χ1v) is 29.5. The van der Waals surface area contributed by atoms with Crippen LogP contribution in [0.1, 0.15) is 61.1 Å². The zero-order chi connectivity index (χ0) is 58.2. The molecular formula is C47H58F2N12O15P2S2. The third kappa shape index (κ3) is 15.0. The van der Waals surface area contributed by atoms with Gasteiger partial charge >= 0.3 is 19.6 Å². The van der Waals surface area contributed by atoms with E-state index in [-0.39, 0.29) is 53.7 Å². The number of fused-ring (bicyclic) bond motifs is 2. The number of imidazole rings is 1. The fourth-order valence-corrected chi connectivity index (χ4v) is 10.0. The van der Waals surface area contributed by atoms with E-state index in [0.29, 0.717) is 16.8 Å². The third-order valence-corrected chi connectivity index (χ3v) is 15.7. The van der Waals surface area contributed by atoms with Gasteiger partial charge < -0.3 is 64.8 Å². The number of nitrogens with one attached hydrogen (secondary N) is 4. The molecule has 0 bridgehead atoms. The van der Waals surface area contributed by atoms with Crippen molar-refractivity contribution in [3.05, 3.63) is 107 Å².